The van der Waals surface area contributed by atoms with Crippen LogP contribution in [0.3, 0.4) is 0 Å². The Balaban J connectivity index is 2.27. The minimum atomic E-state index is 0.129. The summed E-state index contributed by atoms with van der Waals surface area (Å²) in [7, 11) is 0. The van der Waals surface area contributed by atoms with E-state index in [0.717, 1.165) is 23.3 Å². The molecular weight excluding hydrogens is 279 g/mol. The second-order valence-electron chi connectivity index (χ2n) is 4.05. The molecule has 0 aliphatic carbocycles. The van der Waals surface area contributed by atoms with Gasteiger partial charge in [-0.05, 0) is 0 Å². The van der Waals surface area contributed by atoms with Gasteiger partial charge in [0.05, 0.1) is 0 Å². The molecular formula is C13H16N2OSe. The number of amides is 1. The molecule has 0 N–H and O–H groups in total. The van der Waals surface area contributed by atoms with E-state index >= 15 is 0 Å². The van der Waals surface area contributed by atoms with Gasteiger partial charge < -0.3 is 0 Å². The Kier molecular flexibility index (Phi) is 3.65. The molecule has 0 bridgehead atoms. The van der Waals surface area contributed by atoms with Crippen LogP contribution >= 0.6 is 0 Å². The van der Waals surface area contributed by atoms with Gasteiger partial charge in [-0.2, -0.15) is 0 Å². The monoisotopic (exact) mass is 296 g/mol. The van der Waals surface area contributed by atoms with E-state index in [-0.39, 0.29) is 5.91 Å². The van der Waals surface area contributed by atoms with Crippen LogP contribution in [0, 0.1) is 0 Å². The summed E-state index contributed by atoms with van der Waals surface area (Å²) in [6, 6.07) is 8.16. The molecule has 1 aromatic rings. The molecule has 0 spiro atoms. The van der Waals surface area contributed by atoms with Crippen molar-refractivity contribution < 1.29 is 4.79 Å². The van der Waals surface area contributed by atoms with Crippen molar-refractivity contribution in [1.82, 2.24) is 4.90 Å². The summed E-state index contributed by atoms with van der Waals surface area (Å²) in [5, 5.41) is 0. The minimum absolute atomic E-state index is 0.129. The van der Waals surface area contributed by atoms with Crippen LogP contribution in [0.15, 0.2) is 24.3 Å². The van der Waals surface area contributed by atoms with E-state index in [1.807, 2.05) is 24.0 Å². The molecule has 90 valence electrons. The summed E-state index contributed by atoms with van der Waals surface area (Å²) >= 11 is 3.00. The quantitative estimate of drug-likeness (QED) is 0.782. The molecule has 4 heteroatoms. The van der Waals surface area contributed by atoms with Gasteiger partial charge in [-0.15, -0.1) is 0 Å². The van der Waals surface area contributed by atoms with Gasteiger partial charge in [0.15, 0.2) is 0 Å². The average Bonchev–Trinajstić information content (AvgIpc) is 2.64. The number of rotatable bonds is 3. The van der Waals surface area contributed by atoms with Crippen molar-refractivity contribution in [3.05, 3.63) is 29.8 Å². The van der Waals surface area contributed by atoms with Crippen molar-refractivity contribution in [2.24, 2.45) is 0 Å². The summed E-state index contributed by atoms with van der Waals surface area (Å²) in [6.45, 7) is 5.49. The third-order valence-electron chi connectivity index (χ3n) is 3.02. The molecule has 1 heterocycles. The van der Waals surface area contributed by atoms with Crippen molar-refractivity contribution in [2.75, 3.05) is 18.0 Å². The van der Waals surface area contributed by atoms with Gasteiger partial charge in [0, 0.05) is 0 Å². The molecule has 0 saturated carbocycles. The Labute approximate surface area is 110 Å². The SMILES string of the molecule is CCc1ccc(N2C(=O)CN(CC)C2=[Se])cc1. The van der Waals surface area contributed by atoms with Crippen LogP contribution in [-0.2, 0) is 11.2 Å². The first-order chi connectivity index (χ1) is 8.17. The number of likely N-dealkylation sites (N-methyl/N-ethyl adjacent to an activating group) is 1. The molecule has 1 aromatic carbocycles. The number of carbonyl (C=O) groups excluding carboxylic acids is 1. The van der Waals surface area contributed by atoms with Crippen molar-refractivity contribution in [1.29, 1.82) is 0 Å². The third-order valence-corrected chi connectivity index (χ3v) is 3.95. The predicted molar refractivity (Wildman–Crippen MR) is 71.3 cm³/mol. The van der Waals surface area contributed by atoms with Crippen LogP contribution in [0.4, 0.5) is 5.69 Å². The third kappa shape index (κ3) is 2.28. The first-order valence-electron chi connectivity index (χ1n) is 5.88. The van der Waals surface area contributed by atoms with Gasteiger partial charge >= 0.3 is 110 Å². The Bertz CT molecular complexity index is 441. The Hall–Kier alpha value is -1.12. The molecule has 1 aliphatic heterocycles. The number of nitrogens with zero attached hydrogens (tertiary/aromatic N) is 2. The Morgan fingerprint density at radius 2 is 1.88 bits per heavy atom. The first kappa shape index (κ1) is 12.3. The molecule has 2 rings (SSSR count). The first-order valence-corrected chi connectivity index (χ1v) is 6.73. The second-order valence-corrected chi connectivity index (χ2v) is 4.81. The molecule has 17 heavy (non-hydrogen) atoms. The van der Waals surface area contributed by atoms with E-state index in [1.165, 1.54) is 5.56 Å². The van der Waals surface area contributed by atoms with E-state index in [4.69, 9.17) is 0 Å². The molecule has 1 saturated heterocycles. The summed E-state index contributed by atoms with van der Waals surface area (Å²) in [5.41, 5.74) is 2.23. The summed E-state index contributed by atoms with van der Waals surface area (Å²) in [6.07, 6.45) is 1.02. The van der Waals surface area contributed by atoms with Gasteiger partial charge in [-0.3, -0.25) is 0 Å². The number of anilines is 1. The van der Waals surface area contributed by atoms with Crippen molar-refractivity contribution in [3.8, 4) is 0 Å². The van der Waals surface area contributed by atoms with Crippen LogP contribution < -0.4 is 4.90 Å². The Morgan fingerprint density at radius 1 is 1.24 bits per heavy atom. The fraction of sp³-hybridized carbons (Fsp3) is 0.385. The predicted octanol–water partition coefficient (Wildman–Crippen LogP) is 1.17. The van der Waals surface area contributed by atoms with Gasteiger partial charge in [-0.25, -0.2) is 0 Å². The van der Waals surface area contributed by atoms with E-state index in [0.29, 0.717) is 6.54 Å². The molecule has 0 atom stereocenters. The number of carbonyl (C=O) groups is 1. The molecule has 1 amide bonds. The normalized spacial score (nSPS) is 15.9. The fourth-order valence-electron chi connectivity index (χ4n) is 1.93. The van der Waals surface area contributed by atoms with Crippen LogP contribution in [0.2, 0.25) is 0 Å². The van der Waals surface area contributed by atoms with Gasteiger partial charge in [0.25, 0.3) is 0 Å². The van der Waals surface area contributed by atoms with Gasteiger partial charge in [-0.1, -0.05) is 0 Å². The van der Waals surface area contributed by atoms with Crippen molar-refractivity contribution in [2.45, 2.75) is 20.3 Å². The summed E-state index contributed by atoms with van der Waals surface area (Å²) < 4.78 is 0.904. The van der Waals surface area contributed by atoms with Gasteiger partial charge in [0.1, 0.15) is 0 Å². The molecule has 3 nitrogen and oxygen atoms in total. The molecule has 0 unspecified atom stereocenters. The number of benzene rings is 1. The van der Waals surface area contributed by atoms with E-state index < -0.39 is 0 Å². The van der Waals surface area contributed by atoms with Crippen LogP contribution in [0.1, 0.15) is 19.4 Å². The number of aryl methyl sites for hydroxylation is 1. The maximum atomic E-state index is 12.0. The summed E-state index contributed by atoms with van der Waals surface area (Å²) in [4.78, 5) is 15.7. The number of hydrogen-bond donors (Lipinski definition) is 0. The molecule has 1 aliphatic rings. The Morgan fingerprint density at radius 3 is 2.35 bits per heavy atom. The molecule has 0 aromatic heterocycles. The average molecular weight is 295 g/mol. The maximum absolute atomic E-state index is 12.0. The zero-order chi connectivity index (χ0) is 12.4. The topological polar surface area (TPSA) is 23.6 Å². The zero-order valence-corrected chi connectivity index (χ0v) is 11.9. The summed E-state index contributed by atoms with van der Waals surface area (Å²) in [5.74, 6) is 0.129. The van der Waals surface area contributed by atoms with E-state index in [1.54, 1.807) is 4.90 Å². The molecule has 1 fully saturated rings. The second kappa shape index (κ2) is 5.03. The van der Waals surface area contributed by atoms with E-state index in [9.17, 15) is 4.79 Å². The van der Waals surface area contributed by atoms with E-state index in [2.05, 4.69) is 34.6 Å². The zero-order valence-electron chi connectivity index (χ0n) is 10.1. The van der Waals surface area contributed by atoms with Crippen LogP contribution in [0.5, 0.6) is 0 Å². The van der Waals surface area contributed by atoms with Crippen molar-refractivity contribution in [3.63, 3.8) is 0 Å². The number of hydrogen-bond acceptors (Lipinski definition) is 2. The van der Waals surface area contributed by atoms with Crippen LogP contribution in [-0.4, -0.2) is 44.1 Å². The van der Waals surface area contributed by atoms with Crippen LogP contribution in [0.25, 0.3) is 0 Å². The van der Waals surface area contributed by atoms with Gasteiger partial charge in [0.2, 0.25) is 0 Å². The molecule has 0 radical (unpaired) electrons. The standard InChI is InChI=1S/C13H16N2OSe/c1-3-10-5-7-11(8-6-10)15-12(16)9-14(4-2)13(15)17/h5-8H,3-4,9H2,1-2H3. The van der Waals surface area contributed by atoms with Crippen molar-refractivity contribution >= 4 is 31.8 Å². The fourth-order valence-corrected chi connectivity index (χ4v) is 2.77.